The second-order valence-electron chi connectivity index (χ2n) is 7.05. The van der Waals surface area contributed by atoms with E-state index in [9.17, 15) is 4.79 Å². The van der Waals surface area contributed by atoms with E-state index < -0.39 is 0 Å². The molecule has 128 valence electrons. The van der Waals surface area contributed by atoms with Crippen molar-refractivity contribution in [2.75, 3.05) is 31.1 Å². The molecule has 8 heteroatoms. The quantitative estimate of drug-likeness (QED) is 0.738. The Balaban J connectivity index is 1.45. The SMILES string of the molecule is O=C(c1cnc[nH]1)N1CCN(c2ncnc3[nH]ccc23)CC2(CC2)C1. The minimum Gasteiger partial charge on any atom is -0.354 e. The summed E-state index contributed by atoms with van der Waals surface area (Å²) in [5.74, 6) is 0.980. The third-order valence-electron chi connectivity index (χ3n) is 5.30. The molecular formula is C17H19N7O. The molecule has 0 atom stereocenters. The minimum absolute atomic E-state index is 0.0279. The van der Waals surface area contributed by atoms with Gasteiger partial charge in [0.25, 0.3) is 5.91 Å². The van der Waals surface area contributed by atoms with Gasteiger partial charge >= 0.3 is 0 Å². The van der Waals surface area contributed by atoms with E-state index in [1.54, 1.807) is 18.9 Å². The fraction of sp³-hybridized carbons (Fsp3) is 0.412. The van der Waals surface area contributed by atoms with Crippen LogP contribution in [0.5, 0.6) is 0 Å². The molecule has 1 amide bonds. The molecule has 1 aliphatic carbocycles. The van der Waals surface area contributed by atoms with Gasteiger partial charge in [0.15, 0.2) is 0 Å². The Morgan fingerprint density at radius 3 is 2.88 bits per heavy atom. The number of hydrogen-bond acceptors (Lipinski definition) is 5. The van der Waals surface area contributed by atoms with E-state index in [1.165, 1.54) is 0 Å². The Morgan fingerprint density at radius 1 is 1.16 bits per heavy atom. The van der Waals surface area contributed by atoms with Crippen LogP contribution in [0.2, 0.25) is 0 Å². The fourth-order valence-corrected chi connectivity index (χ4v) is 3.76. The van der Waals surface area contributed by atoms with Crippen molar-refractivity contribution in [2.45, 2.75) is 12.8 Å². The number of H-pyrrole nitrogens is 2. The summed E-state index contributed by atoms with van der Waals surface area (Å²) in [4.78, 5) is 35.9. The Morgan fingerprint density at radius 2 is 2.08 bits per heavy atom. The molecule has 1 aliphatic heterocycles. The van der Waals surface area contributed by atoms with Gasteiger partial charge in [-0.1, -0.05) is 0 Å². The van der Waals surface area contributed by atoms with E-state index in [4.69, 9.17) is 0 Å². The molecule has 4 heterocycles. The summed E-state index contributed by atoms with van der Waals surface area (Å²) in [5.41, 5.74) is 1.59. The maximum Gasteiger partial charge on any atom is 0.271 e. The predicted octanol–water partition coefficient (Wildman–Crippen LogP) is 1.42. The molecule has 2 aliphatic rings. The van der Waals surface area contributed by atoms with Crippen molar-refractivity contribution in [1.29, 1.82) is 0 Å². The zero-order valence-electron chi connectivity index (χ0n) is 13.8. The number of fused-ring (bicyclic) bond motifs is 1. The summed E-state index contributed by atoms with van der Waals surface area (Å²) in [6.07, 6.45) is 8.94. The van der Waals surface area contributed by atoms with Gasteiger partial charge in [0.05, 0.1) is 17.9 Å². The molecule has 3 aromatic heterocycles. The van der Waals surface area contributed by atoms with Crippen LogP contribution in [0.15, 0.2) is 31.1 Å². The van der Waals surface area contributed by atoms with Gasteiger partial charge < -0.3 is 19.8 Å². The summed E-state index contributed by atoms with van der Waals surface area (Å²) in [6.45, 7) is 3.16. The Kier molecular flexibility index (Phi) is 3.06. The maximum absolute atomic E-state index is 12.7. The van der Waals surface area contributed by atoms with E-state index >= 15 is 0 Å². The Bertz CT molecular complexity index is 912. The van der Waals surface area contributed by atoms with Crippen LogP contribution in [0.1, 0.15) is 23.3 Å². The molecule has 0 bridgehead atoms. The number of aromatic nitrogens is 5. The highest BCUT2D eigenvalue weighted by molar-refractivity contribution is 5.92. The molecule has 1 saturated carbocycles. The molecule has 5 rings (SSSR count). The van der Waals surface area contributed by atoms with Gasteiger partial charge in [-0.3, -0.25) is 4.79 Å². The normalized spacial score (nSPS) is 19.4. The first-order valence-corrected chi connectivity index (χ1v) is 8.55. The predicted molar refractivity (Wildman–Crippen MR) is 92.3 cm³/mol. The zero-order chi connectivity index (χ0) is 16.9. The number of aromatic amines is 2. The fourth-order valence-electron chi connectivity index (χ4n) is 3.76. The first-order chi connectivity index (χ1) is 12.2. The molecule has 1 spiro atoms. The number of nitrogens with one attached hydrogen (secondary N) is 2. The highest BCUT2D eigenvalue weighted by Gasteiger charge is 2.48. The lowest BCUT2D eigenvalue weighted by Gasteiger charge is -2.25. The third-order valence-corrected chi connectivity index (χ3v) is 5.30. The highest BCUT2D eigenvalue weighted by atomic mass is 16.2. The topological polar surface area (TPSA) is 93.8 Å². The molecule has 2 fully saturated rings. The van der Waals surface area contributed by atoms with E-state index in [0.717, 1.165) is 49.3 Å². The Hall–Kier alpha value is -2.90. The van der Waals surface area contributed by atoms with Crippen LogP contribution in [0, 0.1) is 5.41 Å². The van der Waals surface area contributed by atoms with Crippen molar-refractivity contribution >= 4 is 22.8 Å². The van der Waals surface area contributed by atoms with Gasteiger partial charge in [-0.15, -0.1) is 0 Å². The highest BCUT2D eigenvalue weighted by Crippen LogP contribution is 2.48. The summed E-state index contributed by atoms with van der Waals surface area (Å²) >= 11 is 0. The monoisotopic (exact) mass is 337 g/mol. The number of carbonyl (C=O) groups excluding carboxylic acids is 1. The number of hydrogen-bond donors (Lipinski definition) is 2. The average Bonchev–Trinajstić information content (AvgIpc) is 3.03. The molecule has 0 radical (unpaired) electrons. The standard InChI is InChI=1S/C17H19N7O/c25-16(13-7-18-10-20-13)24-6-5-23(8-17(9-24)2-3-17)15-12-1-4-19-14(12)21-11-22-15/h1,4,7,10-11H,2-3,5-6,8-9H2,(H,18,20)(H,19,21,22). The summed E-state index contributed by atoms with van der Waals surface area (Å²) in [6, 6.07) is 2.02. The lowest BCUT2D eigenvalue weighted by atomic mass is 10.1. The molecule has 3 aromatic rings. The molecule has 1 saturated heterocycles. The van der Waals surface area contributed by atoms with E-state index in [2.05, 4.69) is 29.8 Å². The smallest absolute Gasteiger partial charge is 0.271 e. The first-order valence-electron chi connectivity index (χ1n) is 8.55. The number of carbonyl (C=O) groups is 1. The van der Waals surface area contributed by atoms with Crippen molar-refractivity contribution in [3.05, 3.63) is 36.8 Å². The van der Waals surface area contributed by atoms with Crippen LogP contribution in [-0.4, -0.2) is 61.9 Å². The van der Waals surface area contributed by atoms with Gasteiger partial charge in [0.2, 0.25) is 0 Å². The molecular weight excluding hydrogens is 318 g/mol. The second-order valence-corrected chi connectivity index (χ2v) is 7.05. The minimum atomic E-state index is 0.0279. The molecule has 8 nitrogen and oxygen atoms in total. The van der Waals surface area contributed by atoms with Crippen molar-refractivity contribution in [2.24, 2.45) is 5.41 Å². The summed E-state index contributed by atoms with van der Waals surface area (Å²) in [7, 11) is 0. The number of rotatable bonds is 2. The van der Waals surface area contributed by atoms with Gasteiger partial charge in [0.1, 0.15) is 23.5 Å². The van der Waals surface area contributed by atoms with E-state index in [1.807, 2.05) is 17.2 Å². The number of anilines is 1. The number of amides is 1. The van der Waals surface area contributed by atoms with Gasteiger partial charge in [-0.25, -0.2) is 15.0 Å². The van der Waals surface area contributed by atoms with Gasteiger partial charge in [-0.05, 0) is 18.9 Å². The number of nitrogens with zero attached hydrogens (tertiary/aromatic N) is 5. The van der Waals surface area contributed by atoms with Crippen molar-refractivity contribution < 1.29 is 4.79 Å². The zero-order valence-corrected chi connectivity index (χ0v) is 13.8. The van der Waals surface area contributed by atoms with Crippen molar-refractivity contribution in [3.8, 4) is 0 Å². The first kappa shape index (κ1) is 14.4. The molecule has 0 unspecified atom stereocenters. The molecule has 2 N–H and O–H groups in total. The number of imidazole rings is 1. The lowest BCUT2D eigenvalue weighted by molar-refractivity contribution is 0.0735. The largest absolute Gasteiger partial charge is 0.354 e. The average molecular weight is 337 g/mol. The summed E-state index contributed by atoms with van der Waals surface area (Å²) in [5, 5.41) is 1.03. The third kappa shape index (κ3) is 2.45. The van der Waals surface area contributed by atoms with Gasteiger partial charge in [-0.2, -0.15) is 0 Å². The van der Waals surface area contributed by atoms with Crippen molar-refractivity contribution in [3.63, 3.8) is 0 Å². The molecule has 0 aromatic carbocycles. The Labute approximate surface area is 144 Å². The van der Waals surface area contributed by atoms with Crippen LogP contribution in [0.25, 0.3) is 11.0 Å². The van der Waals surface area contributed by atoms with E-state index in [-0.39, 0.29) is 11.3 Å². The second kappa shape index (κ2) is 5.30. The molecule has 25 heavy (non-hydrogen) atoms. The van der Waals surface area contributed by atoms with Crippen molar-refractivity contribution in [1.82, 2.24) is 29.8 Å². The van der Waals surface area contributed by atoms with Crippen LogP contribution in [-0.2, 0) is 0 Å². The van der Waals surface area contributed by atoms with E-state index in [0.29, 0.717) is 12.2 Å². The maximum atomic E-state index is 12.7. The van der Waals surface area contributed by atoms with Crippen LogP contribution in [0.3, 0.4) is 0 Å². The van der Waals surface area contributed by atoms with Crippen LogP contribution in [0.4, 0.5) is 5.82 Å². The van der Waals surface area contributed by atoms with Crippen LogP contribution >= 0.6 is 0 Å². The van der Waals surface area contributed by atoms with Crippen LogP contribution < -0.4 is 4.90 Å². The lowest BCUT2D eigenvalue weighted by Crippen LogP contribution is -2.36. The summed E-state index contributed by atoms with van der Waals surface area (Å²) < 4.78 is 0. The van der Waals surface area contributed by atoms with Gasteiger partial charge in [0, 0.05) is 37.8 Å².